The smallest absolute Gasteiger partial charge is 0.253 e. The Morgan fingerprint density at radius 2 is 1.83 bits per heavy atom. The standard InChI is InChI=1S/C17H25N3O3S/c1-3-20(4-2)24(22,23)16-7-5-6-13(8-16)17(21)19-11-14-9-18-10-15(14)12-19/h5-8,14-15,18H,3-4,9-12H2,1-2H3/t14-,15+. The van der Waals surface area contributed by atoms with E-state index in [0.29, 0.717) is 30.5 Å². The first-order chi connectivity index (χ1) is 11.5. The summed E-state index contributed by atoms with van der Waals surface area (Å²) in [6.07, 6.45) is 0. The number of carbonyl (C=O) groups excluding carboxylic acids is 1. The first-order valence-electron chi connectivity index (χ1n) is 8.57. The number of fused-ring (bicyclic) bond motifs is 1. The summed E-state index contributed by atoms with van der Waals surface area (Å²) in [5.41, 5.74) is 0.455. The molecule has 6 nitrogen and oxygen atoms in total. The molecule has 2 atom stereocenters. The fourth-order valence-corrected chi connectivity index (χ4v) is 5.21. The third-order valence-electron chi connectivity index (χ3n) is 5.10. The molecule has 1 N–H and O–H groups in total. The third-order valence-corrected chi connectivity index (χ3v) is 7.15. The van der Waals surface area contributed by atoms with Crippen LogP contribution < -0.4 is 5.32 Å². The van der Waals surface area contributed by atoms with Crippen LogP contribution in [0.3, 0.4) is 0 Å². The number of nitrogens with one attached hydrogen (secondary N) is 1. The van der Waals surface area contributed by atoms with Crippen molar-refractivity contribution in [2.75, 3.05) is 39.3 Å². The number of rotatable bonds is 5. The molecule has 24 heavy (non-hydrogen) atoms. The summed E-state index contributed by atoms with van der Waals surface area (Å²) in [6.45, 7) is 7.89. The molecule has 0 bridgehead atoms. The van der Waals surface area contributed by atoms with Crippen molar-refractivity contribution in [2.45, 2.75) is 18.7 Å². The van der Waals surface area contributed by atoms with Gasteiger partial charge in [0.2, 0.25) is 10.0 Å². The molecule has 2 saturated heterocycles. The van der Waals surface area contributed by atoms with Crippen molar-refractivity contribution in [3.63, 3.8) is 0 Å². The minimum Gasteiger partial charge on any atom is -0.338 e. The van der Waals surface area contributed by atoms with Gasteiger partial charge >= 0.3 is 0 Å². The first-order valence-corrected chi connectivity index (χ1v) is 10.0. The van der Waals surface area contributed by atoms with Gasteiger partial charge in [0.05, 0.1) is 4.90 Å². The number of nitrogens with zero attached hydrogens (tertiary/aromatic N) is 2. The second kappa shape index (κ2) is 6.82. The van der Waals surface area contributed by atoms with Gasteiger partial charge in [-0.15, -0.1) is 0 Å². The number of hydrogen-bond acceptors (Lipinski definition) is 4. The van der Waals surface area contributed by atoms with Gasteiger partial charge in [-0.3, -0.25) is 4.79 Å². The molecule has 1 aromatic carbocycles. The predicted molar refractivity (Wildman–Crippen MR) is 92.3 cm³/mol. The highest BCUT2D eigenvalue weighted by Crippen LogP contribution is 2.28. The zero-order valence-electron chi connectivity index (χ0n) is 14.2. The summed E-state index contributed by atoms with van der Waals surface area (Å²) < 4.78 is 26.7. The van der Waals surface area contributed by atoms with E-state index in [9.17, 15) is 13.2 Å². The van der Waals surface area contributed by atoms with E-state index in [-0.39, 0.29) is 10.8 Å². The highest BCUT2D eigenvalue weighted by Gasteiger charge is 2.38. The molecule has 2 heterocycles. The van der Waals surface area contributed by atoms with Crippen molar-refractivity contribution >= 4 is 15.9 Å². The van der Waals surface area contributed by atoms with Gasteiger partial charge in [0.1, 0.15) is 0 Å². The van der Waals surface area contributed by atoms with Crippen LogP contribution in [-0.2, 0) is 10.0 Å². The van der Waals surface area contributed by atoms with Gasteiger partial charge < -0.3 is 10.2 Å². The highest BCUT2D eigenvalue weighted by molar-refractivity contribution is 7.89. The Hall–Kier alpha value is -1.44. The number of hydrogen-bond donors (Lipinski definition) is 1. The molecule has 0 aliphatic carbocycles. The molecule has 2 aliphatic heterocycles. The Morgan fingerprint density at radius 1 is 1.21 bits per heavy atom. The number of carbonyl (C=O) groups is 1. The van der Waals surface area contributed by atoms with E-state index >= 15 is 0 Å². The Labute approximate surface area is 143 Å². The Morgan fingerprint density at radius 3 is 2.42 bits per heavy atom. The van der Waals surface area contributed by atoms with E-state index in [4.69, 9.17) is 0 Å². The lowest BCUT2D eigenvalue weighted by molar-refractivity contribution is 0.0781. The maximum atomic E-state index is 12.8. The van der Waals surface area contributed by atoms with E-state index in [1.54, 1.807) is 18.2 Å². The summed E-state index contributed by atoms with van der Waals surface area (Å²) in [5, 5.41) is 3.36. The predicted octanol–water partition coefficient (Wildman–Crippen LogP) is 1.01. The molecular weight excluding hydrogens is 326 g/mol. The van der Waals surface area contributed by atoms with Gasteiger partial charge in [0.15, 0.2) is 0 Å². The molecule has 2 aliphatic rings. The van der Waals surface area contributed by atoms with Crippen LogP contribution in [0.1, 0.15) is 24.2 Å². The van der Waals surface area contributed by atoms with Crippen LogP contribution in [0.25, 0.3) is 0 Å². The van der Waals surface area contributed by atoms with Gasteiger partial charge in [-0.25, -0.2) is 8.42 Å². The van der Waals surface area contributed by atoms with Crippen molar-refractivity contribution in [3.05, 3.63) is 29.8 Å². The summed E-state index contributed by atoms with van der Waals surface area (Å²) in [6, 6.07) is 6.44. The molecule has 1 aromatic rings. The lowest BCUT2D eigenvalue weighted by Crippen LogP contribution is -2.33. The van der Waals surface area contributed by atoms with Crippen LogP contribution >= 0.6 is 0 Å². The summed E-state index contributed by atoms with van der Waals surface area (Å²) in [7, 11) is -3.54. The number of likely N-dealkylation sites (tertiary alicyclic amines) is 1. The molecular formula is C17H25N3O3S. The van der Waals surface area contributed by atoms with Gasteiger partial charge in [-0.1, -0.05) is 19.9 Å². The lowest BCUT2D eigenvalue weighted by atomic mass is 10.0. The van der Waals surface area contributed by atoms with E-state index in [2.05, 4.69) is 5.32 Å². The Balaban J connectivity index is 1.82. The van der Waals surface area contributed by atoms with E-state index in [1.165, 1.54) is 10.4 Å². The first kappa shape index (κ1) is 17.4. The molecule has 7 heteroatoms. The van der Waals surface area contributed by atoms with Crippen LogP contribution in [0.2, 0.25) is 0 Å². The van der Waals surface area contributed by atoms with Crippen molar-refractivity contribution in [1.29, 1.82) is 0 Å². The van der Waals surface area contributed by atoms with Gasteiger partial charge in [-0.2, -0.15) is 4.31 Å². The van der Waals surface area contributed by atoms with Crippen molar-refractivity contribution < 1.29 is 13.2 Å². The van der Waals surface area contributed by atoms with Crippen molar-refractivity contribution in [2.24, 2.45) is 11.8 Å². The number of sulfonamides is 1. The van der Waals surface area contributed by atoms with E-state index < -0.39 is 10.0 Å². The normalized spacial score (nSPS) is 23.7. The topological polar surface area (TPSA) is 69.7 Å². The average Bonchev–Trinajstić information content (AvgIpc) is 3.17. The second-order valence-corrected chi connectivity index (χ2v) is 8.44. The SMILES string of the molecule is CCN(CC)S(=O)(=O)c1cccc(C(=O)N2C[C@H]3CNC[C@H]3C2)c1. The highest BCUT2D eigenvalue weighted by atomic mass is 32.2. The van der Waals surface area contributed by atoms with Gasteiger partial charge in [0, 0.05) is 44.8 Å². The Kier molecular flexibility index (Phi) is 4.94. The molecule has 132 valence electrons. The molecule has 3 rings (SSSR count). The number of amides is 1. The Bertz CT molecular complexity index is 704. The molecule has 1 amide bonds. The van der Waals surface area contributed by atoms with Crippen molar-refractivity contribution in [1.82, 2.24) is 14.5 Å². The molecule has 0 saturated carbocycles. The van der Waals surface area contributed by atoms with Crippen LogP contribution in [0.5, 0.6) is 0 Å². The van der Waals surface area contributed by atoms with E-state index in [0.717, 1.165) is 26.2 Å². The molecule has 2 fully saturated rings. The monoisotopic (exact) mass is 351 g/mol. The van der Waals surface area contributed by atoms with E-state index in [1.807, 2.05) is 18.7 Å². The fraction of sp³-hybridized carbons (Fsp3) is 0.588. The average molecular weight is 351 g/mol. The maximum absolute atomic E-state index is 12.8. The summed E-state index contributed by atoms with van der Waals surface area (Å²) in [4.78, 5) is 14.8. The van der Waals surface area contributed by atoms with Crippen molar-refractivity contribution in [3.8, 4) is 0 Å². The fourth-order valence-electron chi connectivity index (χ4n) is 3.71. The van der Waals surface area contributed by atoms with Gasteiger partial charge in [-0.05, 0) is 30.0 Å². The quantitative estimate of drug-likeness (QED) is 0.860. The molecule has 0 radical (unpaired) electrons. The summed E-state index contributed by atoms with van der Waals surface area (Å²) in [5.74, 6) is 0.981. The van der Waals surface area contributed by atoms with Crippen LogP contribution in [0, 0.1) is 11.8 Å². The zero-order valence-corrected chi connectivity index (χ0v) is 15.1. The van der Waals surface area contributed by atoms with Crippen LogP contribution in [0.15, 0.2) is 29.2 Å². The molecule has 0 spiro atoms. The second-order valence-electron chi connectivity index (χ2n) is 6.51. The van der Waals surface area contributed by atoms with Gasteiger partial charge in [0.25, 0.3) is 5.91 Å². The third kappa shape index (κ3) is 3.08. The largest absolute Gasteiger partial charge is 0.338 e. The van der Waals surface area contributed by atoms with Crippen LogP contribution in [-0.4, -0.2) is 62.8 Å². The lowest BCUT2D eigenvalue weighted by Gasteiger charge is -2.20. The minimum absolute atomic E-state index is 0.0685. The molecule has 0 aromatic heterocycles. The maximum Gasteiger partial charge on any atom is 0.253 e. The summed E-state index contributed by atoms with van der Waals surface area (Å²) >= 11 is 0. The minimum atomic E-state index is -3.54. The number of benzene rings is 1. The zero-order chi connectivity index (χ0) is 17.3. The molecule has 0 unspecified atom stereocenters. The van der Waals surface area contributed by atoms with Crippen LogP contribution in [0.4, 0.5) is 0 Å².